The second kappa shape index (κ2) is 14.9. The predicted molar refractivity (Wildman–Crippen MR) is 142 cm³/mol. The van der Waals surface area contributed by atoms with Gasteiger partial charge in [0.15, 0.2) is 5.78 Å². The van der Waals surface area contributed by atoms with Crippen LogP contribution >= 0.6 is 0 Å². The minimum absolute atomic E-state index is 0.0570. The highest BCUT2D eigenvalue weighted by Crippen LogP contribution is 2.20. The van der Waals surface area contributed by atoms with Gasteiger partial charge in [0.25, 0.3) is 0 Å². The third-order valence-electron chi connectivity index (χ3n) is 5.83. The van der Waals surface area contributed by atoms with Crippen LogP contribution in [0.2, 0.25) is 25.7 Å². The van der Waals surface area contributed by atoms with Gasteiger partial charge in [-0.05, 0) is 55.5 Å². The molecule has 192 valence electrons. The predicted octanol–water partition coefficient (Wildman–Crippen LogP) is 4.98. The molecular formula is C26H45N3O4Si. The van der Waals surface area contributed by atoms with Crippen LogP contribution in [-0.4, -0.2) is 45.1 Å². The number of alkyl carbamates (subject to hydrolysis) is 1. The van der Waals surface area contributed by atoms with Gasteiger partial charge >= 0.3 is 6.09 Å². The van der Waals surface area contributed by atoms with Gasteiger partial charge in [-0.3, -0.25) is 9.59 Å². The van der Waals surface area contributed by atoms with Crippen LogP contribution in [0.15, 0.2) is 24.3 Å². The van der Waals surface area contributed by atoms with E-state index in [4.69, 9.17) is 10.5 Å². The summed E-state index contributed by atoms with van der Waals surface area (Å²) >= 11 is 0. The van der Waals surface area contributed by atoms with E-state index in [9.17, 15) is 14.4 Å². The van der Waals surface area contributed by atoms with Gasteiger partial charge in [0.1, 0.15) is 0 Å². The lowest BCUT2D eigenvalue weighted by molar-refractivity contribution is -0.128. The first kappa shape index (κ1) is 29.8. The van der Waals surface area contributed by atoms with E-state index in [1.807, 2.05) is 38.1 Å². The molecule has 0 aliphatic carbocycles. The fourth-order valence-electron chi connectivity index (χ4n) is 3.54. The maximum Gasteiger partial charge on any atom is 0.407 e. The van der Waals surface area contributed by atoms with Gasteiger partial charge < -0.3 is 21.1 Å². The largest absolute Gasteiger partial charge is 0.450 e. The number of carbonyl (C=O) groups excluding carboxylic acids is 3. The number of nitrogens with two attached hydrogens (primary N) is 1. The van der Waals surface area contributed by atoms with E-state index in [-0.39, 0.29) is 24.0 Å². The molecule has 0 aliphatic rings. The van der Waals surface area contributed by atoms with E-state index in [2.05, 4.69) is 37.2 Å². The molecule has 0 saturated heterocycles. The van der Waals surface area contributed by atoms with Crippen molar-refractivity contribution in [1.29, 1.82) is 0 Å². The molecule has 0 aromatic heterocycles. The number of aryl methyl sites for hydroxylation is 1. The van der Waals surface area contributed by atoms with E-state index in [1.54, 1.807) is 0 Å². The molecule has 1 aromatic carbocycles. The molecular weight excluding hydrogens is 446 g/mol. The summed E-state index contributed by atoms with van der Waals surface area (Å²) in [6.07, 6.45) is 2.52. The number of unbranched alkanes of at least 4 members (excludes halogenated alkanes) is 1. The summed E-state index contributed by atoms with van der Waals surface area (Å²) in [5.74, 6) is -0.955. The minimum atomic E-state index is -1.32. The van der Waals surface area contributed by atoms with E-state index in [0.717, 1.165) is 25.3 Å². The second-order valence-corrected chi connectivity index (χ2v) is 16.1. The number of anilines is 1. The Morgan fingerprint density at radius 3 is 2.24 bits per heavy atom. The topological polar surface area (TPSA) is 111 Å². The van der Waals surface area contributed by atoms with E-state index >= 15 is 0 Å². The van der Waals surface area contributed by atoms with E-state index in [1.165, 1.54) is 5.56 Å². The van der Waals surface area contributed by atoms with Crippen LogP contribution in [0.4, 0.5) is 10.5 Å². The zero-order valence-corrected chi connectivity index (χ0v) is 22.9. The van der Waals surface area contributed by atoms with Crippen molar-refractivity contribution in [2.75, 3.05) is 18.5 Å². The standard InChI is InChI=1S/C26H45N3O4Si/c1-7-20-11-13-22(14-12-20)28-25(31)21(10-8-9-15-27)18-23(30)24(19(2)3)29-26(32)33-16-17-34(4,5)6/h11-14,19,21,24H,7-10,15-18,27H2,1-6H3,(H,28,31)(H,29,32)/t21-,24+/m1/s1. The number of benzene rings is 1. The summed E-state index contributed by atoms with van der Waals surface area (Å²) in [5, 5.41) is 5.68. The summed E-state index contributed by atoms with van der Waals surface area (Å²) in [6.45, 7) is 13.4. The monoisotopic (exact) mass is 491 g/mol. The van der Waals surface area contributed by atoms with Crippen molar-refractivity contribution in [2.24, 2.45) is 17.6 Å². The lowest BCUT2D eigenvalue weighted by Gasteiger charge is -2.24. The minimum Gasteiger partial charge on any atom is -0.450 e. The molecule has 0 radical (unpaired) electrons. The number of rotatable bonds is 15. The number of ether oxygens (including phenoxy) is 1. The Morgan fingerprint density at radius 1 is 1.06 bits per heavy atom. The quantitative estimate of drug-likeness (QED) is 0.237. The molecule has 1 aromatic rings. The van der Waals surface area contributed by atoms with Crippen LogP contribution in [0.1, 0.15) is 52.0 Å². The van der Waals surface area contributed by atoms with Crippen molar-refractivity contribution in [2.45, 2.75) is 84.6 Å². The molecule has 0 aliphatic heterocycles. The number of hydrogen-bond acceptors (Lipinski definition) is 5. The molecule has 7 nitrogen and oxygen atoms in total. The smallest absolute Gasteiger partial charge is 0.407 e. The molecule has 8 heteroatoms. The maximum atomic E-state index is 13.2. The normalized spacial score (nSPS) is 13.3. The second-order valence-electron chi connectivity index (χ2n) is 10.5. The number of ketones is 1. The average molecular weight is 492 g/mol. The molecule has 0 unspecified atom stereocenters. The molecule has 0 fully saturated rings. The third kappa shape index (κ3) is 11.8. The number of Topliss-reactive ketones (excluding diaryl/α,β-unsaturated/α-hetero) is 1. The Bertz CT molecular complexity index is 775. The molecule has 0 saturated carbocycles. The van der Waals surface area contributed by atoms with Crippen LogP contribution in [0.3, 0.4) is 0 Å². The molecule has 2 amide bonds. The summed E-state index contributed by atoms with van der Waals surface area (Å²) in [6, 6.07) is 7.89. The molecule has 4 N–H and O–H groups in total. The number of amides is 2. The third-order valence-corrected chi connectivity index (χ3v) is 7.53. The number of nitrogens with one attached hydrogen (secondary N) is 2. The first-order chi connectivity index (χ1) is 16.0. The van der Waals surface area contributed by atoms with Gasteiger partial charge in [-0.25, -0.2) is 4.79 Å². The first-order valence-electron chi connectivity index (χ1n) is 12.5. The van der Waals surface area contributed by atoms with Gasteiger partial charge in [-0.1, -0.05) is 59.0 Å². The fourth-order valence-corrected chi connectivity index (χ4v) is 4.25. The Hall–Kier alpha value is -2.19. The zero-order chi connectivity index (χ0) is 25.7. The number of carbonyl (C=O) groups is 3. The lowest BCUT2D eigenvalue weighted by Crippen LogP contribution is -2.46. The highest BCUT2D eigenvalue weighted by Gasteiger charge is 2.30. The molecule has 2 atom stereocenters. The van der Waals surface area contributed by atoms with Crippen molar-refractivity contribution in [3.8, 4) is 0 Å². The van der Waals surface area contributed by atoms with E-state index < -0.39 is 26.1 Å². The number of hydrogen-bond donors (Lipinski definition) is 3. The maximum absolute atomic E-state index is 13.2. The molecule has 0 spiro atoms. The van der Waals surface area contributed by atoms with Crippen LogP contribution in [0.5, 0.6) is 0 Å². The summed E-state index contributed by atoms with van der Waals surface area (Å²) in [5.41, 5.74) is 7.53. The van der Waals surface area contributed by atoms with Crippen molar-refractivity contribution in [3.05, 3.63) is 29.8 Å². The summed E-state index contributed by atoms with van der Waals surface area (Å²) < 4.78 is 5.32. The van der Waals surface area contributed by atoms with Gasteiger partial charge in [0.05, 0.1) is 12.6 Å². The van der Waals surface area contributed by atoms with Gasteiger partial charge in [0.2, 0.25) is 5.91 Å². The zero-order valence-electron chi connectivity index (χ0n) is 21.9. The first-order valence-corrected chi connectivity index (χ1v) is 16.2. The Kier molecular flexibility index (Phi) is 13.1. The Morgan fingerprint density at radius 2 is 1.71 bits per heavy atom. The molecule has 1 rings (SSSR count). The highest BCUT2D eigenvalue weighted by molar-refractivity contribution is 6.76. The van der Waals surface area contributed by atoms with Crippen molar-refractivity contribution in [3.63, 3.8) is 0 Å². The van der Waals surface area contributed by atoms with Crippen LogP contribution in [0.25, 0.3) is 0 Å². The van der Waals surface area contributed by atoms with Gasteiger partial charge in [-0.2, -0.15) is 0 Å². The van der Waals surface area contributed by atoms with Crippen molar-refractivity contribution in [1.82, 2.24) is 5.32 Å². The summed E-state index contributed by atoms with van der Waals surface area (Å²) in [4.78, 5) is 38.5. The van der Waals surface area contributed by atoms with Crippen LogP contribution in [-0.2, 0) is 20.7 Å². The average Bonchev–Trinajstić information content (AvgIpc) is 2.76. The molecule has 0 heterocycles. The SMILES string of the molecule is CCc1ccc(NC(=O)[C@H](CCCCN)CC(=O)[C@@H](NC(=O)OCC[Si](C)(C)C)C(C)C)cc1. The highest BCUT2D eigenvalue weighted by atomic mass is 28.3. The van der Waals surface area contributed by atoms with E-state index in [0.29, 0.717) is 25.3 Å². The van der Waals surface area contributed by atoms with Crippen molar-refractivity contribution >= 4 is 31.5 Å². The molecule has 0 bridgehead atoms. The van der Waals surface area contributed by atoms with Crippen molar-refractivity contribution < 1.29 is 19.1 Å². The lowest BCUT2D eigenvalue weighted by atomic mass is 9.89. The van der Waals surface area contributed by atoms with Gasteiger partial charge in [-0.15, -0.1) is 0 Å². The van der Waals surface area contributed by atoms with Crippen LogP contribution < -0.4 is 16.4 Å². The van der Waals surface area contributed by atoms with Gasteiger partial charge in [0, 0.05) is 26.1 Å². The Labute approximate surface area is 206 Å². The van der Waals surface area contributed by atoms with Crippen LogP contribution in [0, 0.1) is 11.8 Å². The Balaban J connectivity index is 2.81. The summed E-state index contributed by atoms with van der Waals surface area (Å²) in [7, 11) is -1.32. The molecule has 34 heavy (non-hydrogen) atoms. The fraction of sp³-hybridized carbons (Fsp3) is 0.654.